The summed E-state index contributed by atoms with van der Waals surface area (Å²) in [4.78, 5) is 37.6. The van der Waals surface area contributed by atoms with Crippen molar-refractivity contribution < 1.29 is 19.5 Å². The number of carbonyl (C=O) groups is 3. The lowest BCUT2D eigenvalue weighted by Gasteiger charge is -2.34. The Labute approximate surface area is 112 Å². The highest BCUT2D eigenvalue weighted by Gasteiger charge is 2.31. The average molecular weight is 268 g/mol. The number of amides is 3. The Balaban J connectivity index is 1.81. The van der Waals surface area contributed by atoms with Gasteiger partial charge in [0, 0.05) is 38.9 Å². The topological polar surface area (TPSA) is 77.9 Å². The average Bonchev–Trinajstić information content (AvgIpc) is 2.69. The van der Waals surface area contributed by atoms with E-state index >= 15 is 0 Å². The van der Waals surface area contributed by atoms with Crippen molar-refractivity contribution in [3.05, 3.63) is 0 Å². The fourth-order valence-corrected chi connectivity index (χ4v) is 2.51. The molecule has 106 valence electrons. The van der Waals surface area contributed by atoms with Gasteiger partial charge in [-0.1, -0.05) is 6.92 Å². The molecule has 2 saturated heterocycles. The first kappa shape index (κ1) is 14.0. The van der Waals surface area contributed by atoms with Gasteiger partial charge in [-0.25, -0.2) is 0 Å². The predicted octanol–water partition coefficient (Wildman–Crippen LogP) is -0.245. The molecule has 2 fully saturated rings. The molecule has 0 bridgehead atoms. The van der Waals surface area contributed by atoms with Gasteiger partial charge in [0.1, 0.15) is 0 Å². The Hall–Kier alpha value is -1.43. The summed E-state index contributed by atoms with van der Waals surface area (Å²) in [6.45, 7) is 3.12. The quantitative estimate of drug-likeness (QED) is 0.716. The zero-order chi connectivity index (χ0) is 14.0. The van der Waals surface area contributed by atoms with E-state index in [2.05, 4.69) is 0 Å². The zero-order valence-electron chi connectivity index (χ0n) is 11.2. The number of hydrogen-bond acceptors (Lipinski definition) is 4. The first-order valence-electron chi connectivity index (χ1n) is 6.78. The number of aliphatic hydroxyl groups excluding tert-OH is 1. The van der Waals surface area contributed by atoms with Crippen LogP contribution < -0.4 is 0 Å². The molecule has 2 aliphatic heterocycles. The summed E-state index contributed by atoms with van der Waals surface area (Å²) in [7, 11) is 0. The molecule has 2 atom stereocenters. The Morgan fingerprint density at radius 2 is 1.95 bits per heavy atom. The second kappa shape index (κ2) is 5.69. The SMILES string of the molecule is CC1CCN(C(=O)CCN2C(=O)CCC2=O)CC1O. The van der Waals surface area contributed by atoms with Crippen molar-refractivity contribution in [3.8, 4) is 0 Å². The molecule has 0 saturated carbocycles. The molecule has 0 spiro atoms. The van der Waals surface area contributed by atoms with Crippen LogP contribution in [0.5, 0.6) is 0 Å². The second-order valence-corrected chi connectivity index (χ2v) is 5.36. The summed E-state index contributed by atoms with van der Waals surface area (Å²) >= 11 is 0. The van der Waals surface area contributed by atoms with Gasteiger partial charge in [-0.3, -0.25) is 19.3 Å². The van der Waals surface area contributed by atoms with Crippen molar-refractivity contribution in [1.82, 2.24) is 9.80 Å². The number of hydrogen-bond donors (Lipinski definition) is 1. The predicted molar refractivity (Wildman–Crippen MR) is 66.9 cm³/mol. The van der Waals surface area contributed by atoms with E-state index in [0.717, 1.165) is 6.42 Å². The molecular formula is C13H20N2O4. The molecule has 0 aromatic carbocycles. The number of carbonyl (C=O) groups excluding carboxylic acids is 3. The van der Waals surface area contributed by atoms with Crippen LogP contribution in [-0.4, -0.2) is 58.4 Å². The van der Waals surface area contributed by atoms with Gasteiger partial charge in [0.2, 0.25) is 17.7 Å². The van der Waals surface area contributed by atoms with Crippen LogP contribution in [0.1, 0.15) is 32.6 Å². The van der Waals surface area contributed by atoms with Crippen LogP contribution in [0.3, 0.4) is 0 Å². The standard InChI is InChI=1S/C13H20N2O4/c1-9-4-6-14(8-10(9)16)11(17)5-7-15-12(18)2-3-13(15)19/h9-10,16H,2-8H2,1H3. The highest BCUT2D eigenvalue weighted by Crippen LogP contribution is 2.18. The van der Waals surface area contributed by atoms with Gasteiger partial charge < -0.3 is 10.0 Å². The van der Waals surface area contributed by atoms with Crippen LogP contribution >= 0.6 is 0 Å². The van der Waals surface area contributed by atoms with Crippen molar-refractivity contribution in [3.63, 3.8) is 0 Å². The molecule has 2 heterocycles. The van der Waals surface area contributed by atoms with Gasteiger partial charge >= 0.3 is 0 Å². The van der Waals surface area contributed by atoms with Crippen LogP contribution in [0.25, 0.3) is 0 Å². The van der Waals surface area contributed by atoms with E-state index < -0.39 is 6.10 Å². The molecule has 19 heavy (non-hydrogen) atoms. The van der Waals surface area contributed by atoms with Crippen molar-refractivity contribution in [1.29, 1.82) is 0 Å². The van der Waals surface area contributed by atoms with E-state index in [9.17, 15) is 19.5 Å². The molecule has 1 N–H and O–H groups in total. The maximum absolute atomic E-state index is 12.0. The van der Waals surface area contributed by atoms with E-state index in [0.29, 0.717) is 13.1 Å². The Bertz CT molecular complexity index is 380. The number of likely N-dealkylation sites (tertiary alicyclic amines) is 2. The third kappa shape index (κ3) is 3.12. The van der Waals surface area contributed by atoms with Crippen LogP contribution in [0.4, 0.5) is 0 Å². The summed E-state index contributed by atoms with van der Waals surface area (Å²) in [5.74, 6) is -0.264. The second-order valence-electron chi connectivity index (χ2n) is 5.36. The normalized spacial score (nSPS) is 28.1. The number of nitrogens with zero attached hydrogens (tertiary/aromatic N) is 2. The number of rotatable bonds is 3. The molecule has 3 amide bonds. The smallest absolute Gasteiger partial charge is 0.229 e. The molecule has 2 rings (SSSR count). The first-order chi connectivity index (χ1) is 8.99. The molecule has 2 unspecified atom stereocenters. The van der Waals surface area contributed by atoms with E-state index in [1.54, 1.807) is 4.90 Å². The number of β-amino-alcohol motifs (C(OH)–C–C–N with tert-alkyl or cyclic N) is 1. The minimum Gasteiger partial charge on any atom is -0.391 e. The Morgan fingerprint density at radius 1 is 1.32 bits per heavy atom. The summed E-state index contributed by atoms with van der Waals surface area (Å²) in [5, 5.41) is 9.75. The lowest BCUT2D eigenvalue weighted by Crippen LogP contribution is -2.46. The number of piperidine rings is 1. The maximum atomic E-state index is 12.0. The van der Waals surface area contributed by atoms with Crippen LogP contribution in [0.2, 0.25) is 0 Å². The highest BCUT2D eigenvalue weighted by molar-refractivity contribution is 6.02. The van der Waals surface area contributed by atoms with Gasteiger partial charge in [0.05, 0.1) is 6.10 Å². The van der Waals surface area contributed by atoms with Gasteiger partial charge in [-0.15, -0.1) is 0 Å². The molecule has 0 aliphatic carbocycles. The van der Waals surface area contributed by atoms with Gasteiger partial charge in [-0.05, 0) is 12.3 Å². The van der Waals surface area contributed by atoms with Crippen molar-refractivity contribution in [2.75, 3.05) is 19.6 Å². The Morgan fingerprint density at radius 3 is 2.53 bits per heavy atom. The van der Waals surface area contributed by atoms with E-state index in [4.69, 9.17) is 0 Å². The molecule has 0 radical (unpaired) electrons. The lowest BCUT2D eigenvalue weighted by molar-refractivity contribution is -0.140. The molecular weight excluding hydrogens is 248 g/mol. The first-order valence-corrected chi connectivity index (χ1v) is 6.78. The van der Waals surface area contributed by atoms with Crippen LogP contribution in [0, 0.1) is 5.92 Å². The van der Waals surface area contributed by atoms with Crippen LogP contribution in [-0.2, 0) is 14.4 Å². The largest absolute Gasteiger partial charge is 0.391 e. The zero-order valence-corrected chi connectivity index (χ0v) is 11.2. The van der Waals surface area contributed by atoms with E-state index in [-0.39, 0.29) is 49.4 Å². The highest BCUT2D eigenvalue weighted by atomic mass is 16.3. The minimum absolute atomic E-state index is 0.0987. The summed E-state index contributed by atoms with van der Waals surface area (Å²) in [6.07, 6.45) is 0.972. The van der Waals surface area contributed by atoms with Crippen LogP contribution in [0.15, 0.2) is 0 Å². The summed E-state index contributed by atoms with van der Waals surface area (Å²) in [5.41, 5.74) is 0. The number of imide groups is 1. The lowest BCUT2D eigenvalue weighted by atomic mass is 9.96. The molecule has 6 nitrogen and oxygen atoms in total. The maximum Gasteiger partial charge on any atom is 0.229 e. The Kier molecular flexibility index (Phi) is 4.19. The van der Waals surface area contributed by atoms with Crippen molar-refractivity contribution >= 4 is 17.7 Å². The molecule has 6 heteroatoms. The third-order valence-electron chi connectivity index (χ3n) is 3.98. The summed E-state index contributed by atoms with van der Waals surface area (Å²) < 4.78 is 0. The summed E-state index contributed by atoms with van der Waals surface area (Å²) in [6, 6.07) is 0. The minimum atomic E-state index is -0.479. The fraction of sp³-hybridized carbons (Fsp3) is 0.769. The van der Waals surface area contributed by atoms with Gasteiger partial charge in [-0.2, -0.15) is 0 Å². The van der Waals surface area contributed by atoms with Gasteiger partial charge in [0.25, 0.3) is 0 Å². The third-order valence-corrected chi connectivity index (χ3v) is 3.98. The fourth-order valence-electron chi connectivity index (χ4n) is 2.51. The van der Waals surface area contributed by atoms with Crippen molar-refractivity contribution in [2.45, 2.75) is 38.7 Å². The van der Waals surface area contributed by atoms with E-state index in [1.165, 1.54) is 4.90 Å². The van der Waals surface area contributed by atoms with Crippen molar-refractivity contribution in [2.24, 2.45) is 5.92 Å². The monoisotopic (exact) mass is 268 g/mol. The van der Waals surface area contributed by atoms with E-state index in [1.807, 2.05) is 6.92 Å². The molecule has 0 aromatic rings. The number of aliphatic hydroxyl groups is 1. The molecule has 0 aromatic heterocycles. The van der Waals surface area contributed by atoms with Gasteiger partial charge in [0.15, 0.2) is 0 Å². The molecule has 2 aliphatic rings.